The van der Waals surface area contributed by atoms with Gasteiger partial charge in [-0.25, -0.2) is 0 Å². The van der Waals surface area contributed by atoms with E-state index in [2.05, 4.69) is 10.1 Å². The molecule has 0 bridgehead atoms. The Morgan fingerprint density at radius 2 is 2.05 bits per heavy atom. The maximum Gasteiger partial charge on any atom is 0.387 e. The predicted octanol–water partition coefficient (Wildman–Crippen LogP) is 1.65. The van der Waals surface area contributed by atoms with Gasteiger partial charge in [0.05, 0.1) is 18.6 Å². The molecular formula is C14H15F2NO5. The summed E-state index contributed by atoms with van der Waals surface area (Å²) in [5.41, 5.74) is -0.723. The van der Waals surface area contributed by atoms with Gasteiger partial charge in [-0.1, -0.05) is 0 Å². The number of carbonyl (C=O) groups excluding carboxylic acids is 1. The van der Waals surface area contributed by atoms with E-state index in [9.17, 15) is 18.4 Å². The number of carboxylic acids is 1. The van der Waals surface area contributed by atoms with Crippen LogP contribution in [-0.2, 0) is 9.53 Å². The fourth-order valence-electron chi connectivity index (χ4n) is 2.28. The van der Waals surface area contributed by atoms with Gasteiger partial charge in [0.1, 0.15) is 5.75 Å². The average Bonchev–Trinajstić information content (AvgIpc) is 2.86. The second kappa shape index (κ2) is 6.69. The van der Waals surface area contributed by atoms with Crippen LogP contribution in [0.5, 0.6) is 5.75 Å². The van der Waals surface area contributed by atoms with E-state index in [0.717, 1.165) is 0 Å². The van der Waals surface area contributed by atoms with Gasteiger partial charge in [-0.2, -0.15) is 8.78 Å². The predicted molar refractivity (Wildman–Crippen MR) is 71.0 cm³/mol. The number of ether oxygens (including phenoxy) is 2. The molecule has 1 unspecified atom stereocenters. The van der Waals surface area contributed by atoms with Crippen LogP contribution in [0.4, 0.5) is 8.78 Å². The highest BCUT2D eigenvalue weighted by atomic mass is 19.3. The van der Waals surface area contributed by atoms with E-state index in [4.69, 9.17) is 9.84 Å². The largest absolute Gasteiger partial charge is 0.481 e. The summed E-state index contributed by atoms with van der Waals surface area (Å²) in [6.45, 7) is -2.44. The monoisotopic (exact) mass is 315 g/mol. The molecule has 1 aromatic rings. The summed E-state index contributed by atoms with van der Waals surface area (Å²) < 4.78 is 33.5. The summed E-state index contributed by atoms with van der Waals surface area (Å²) >= 11 is 0. The van der Waals surface area contributed by atoms with Gasteiger partial charge in [0.15, 0.2) is 0 Å². The Morgan fingerprint density at radius 3 is 2.55 bits per heavy atom. The number of rotatable bonds is 6. The number of nitrogens with one attached hydrogen (secondary N) is 1. The van der Waals surface area contributed by atoms with Gasteiger partial charge >= 0.3 is 12.6 Å². The highest BCUT2D eigenvalue weighted by Gasteiger charge is 2.38. The van der Waals surface area contributed by atoms with E-state index < -0.39 is 24.0 Å². The lowest BCUT2D eigenvalue weighted by molar-refractivity contribution is -0.138. The van der Waals surface area contributed by atoms with Crippen molar-refractivity contribution in [3.05, 3.63) is 29.8 Å². The molecule has 8 heteroatoms. The maximum absolute atomic E-state index is 12.2. The van der Waals surface area contributed by atoms with Crippen LogP contribution in [0.2, 0.25) is 0 Å². The highest BCUT2D eigenvalue weighted by Crippen LogP contribution is 2.24. The van der Waals surface area contributed by atoms with Gasteiger partial charge < -0.3 is 19.9 Å². The third kappa shape index (κ3) is 4.14. The molecule has 1 saturated heterocycles. The fraction of sp³-hybridized carbons (Fsp3) is 0.429. The van der Waals surface area contributed by atoms with Crippen molar-refractivity contribution in [1.29, 1.82) is 0 Å². The summed E-state index contributed by atoms with van der Waals surface area (Å²) in [7, 11) is 0. The zero-order valence-corrected chi connectivity index (χ0v) is 11.6. The standard InChI is InChI=1S/C14H15F2NO5/c15-13(16)22-10-3-1-9(2-4-10)12(20)17-14(7-11(18)19)5-6-21-8-14/h1-4,13H,5-8H2,(H,17,20)(H,18,19). The Balaban J connectivity index is 2.05. The molecular weight excluding hydrogens is 300 g/mol. The van der Waals surface area contributed by atoms with Crippen LogP contribution >= 0.6 is 0 Å². The molecule has 0 spiro atoms. The number of alkyl halides is 2. The number of benzene rings is 1. The molecule has 120 valence electrons. The molecule has 22 heavy (non-hydrogen) atoms. The molecule has 2 N–H and O–H groups in total. The zero-order valence-electron chi connectivity index (χ0n) is 11.6. The minimum Gasteiger partial charge on any atom is -0.481 e. The SMILES string of the molecule is O=C(O)CC1(NC(=O)c2ccc(OC(F)F)cc2)CCOC1. The number of carbonyl (C=O) groups is 2. The summed E-state index contributed by atoms with van der Waals surface area (Å²) in [6, 6.07) is 5.15. The van der Waals surface area contributed by atoms with E-state index >= 15 is 0 Å². The van der Waals surface area contributed by atoms with Crippen LogP contribution in [-0.4, -0.2) is 42.3 Å². The van der Waals surface area contributed by atoms with Crippen LogP contribution in [0.1, 0.15) is 23.2 Å². The molecule has 0 saturated carbocycles. The van der Waals surface area contributed by atoms with Crippen molar-refractivity contribution < 1.29 is 33.0 Å². The molecule has 1 aliphatic heterocycles. The minimum absolute atomic E-state index is 0.0593. The van der Waals surface area contributed by atoms with Gasteiger partial charge in [0.2, 0.25) is 0 Å². The van der Waals surface area contributed by atoms with Crippen molar-refractivity contribution in [2.75, 3.05) is 13.2 Å². The number of hydrogen-bond donors (Lipinski definition) is 2. The van der Waals surface area contributed by atoms with Crippen molar-refractivity contribution in [2.24, 2.45) is 0 Å². The summed E-state index contributed by atoms with van der Waals surface area (Å²) in [5, 5.41) is 11.6. The number of carboxylic acid groups (broad SMARTS) is 1. The highest BCUT2D eigenvalue weighted by molar-refractivity contribution is 5.95. The zero-order chi connectivity index (χ0) is 16.2. The summed E-state index contributed by atoms with van der Waals surface area (Å²) in [4.78, 5) is 23.1. The lowest BCUT2D eigenvalue weighted by Crippen LogP contribution is -2.50. The Labute approximate surface area is 125 Å². The van der Waals surface area contributed by atoms with Gasteiger partial charge in [0.25, 0.3) is 5.91 Å². The van der Waals surface area contributed by atoms with Crippen LogP contribution in [0.25, 0.3) is 0 Å². The van der Waals surface area contributed by atoms with E-state index in [0.29, 0.717) is 13.0 Å². The molecule has 1 aliphatic rings. The summed E-state index contributed by atoms with van der Waals surface area (Å²) in [5.74, 6) is -1.59. The molecule has 0 aromatic heterocycles. The quantitative estimate of drug-likeness (QED) is 0.834. The first-order valence-electron chi connectivity index (χ1n) is 6.57. The van der Waals surface area contributed by atoms with Crippen molar-refractivity contribution in [3.8, 4) is 5.75 Å². The number of halogens is 2. The molecule has 0 aliphatic carbocycles. The molecule has 1 atom stereocenters. The maximum atomic E-state index is 12.2. The van der Waals surface area contributed by atoms with Crippen molar-refractivity contribution >= 4 is 11.9 Å². The Bertz CT molecular complexity index is 541. The van der Waals surface area contributed by atoms with Gasteiger partial charge in [-0.3, -0.25) is 9.59 Å². The first kappa shape index (κ1) is 16.2. The Morgan fingerprint density at radius 1 is 1.36 bits per heavy atom. The van der Waals surface area contributed by atoms with Crippen LogP contribution in [0.15, 0.2) is 24.3 Å². The normalized spacial score (nSPS) is 20.9. The smallest absolute Gasteiger partial charge is 0.387 e. The summed E-state index contributed by atoms with van der Waals surface area (Å²) in [6.07, 6.45) is 0.156. The van der Waals surface area contributed by atoms with Crippen molar-refractivity contribution in [2.45, 2.75) is 25.0 Å². The van der Waals surface area contributed by atoms with E-state index in [1.807, 2.05) is 0 Å². The van der Waals surface area contributed by atoms with Crippen LogP contribution in [0, 0.1) is 0 Å². The molecule has 1 aromatic carbocycles. The van der Waals surface area contributed by atoms with E-state index in [1.165, 1.54) is 24.3 Å². The van der Waals surface area contributed by atoms with E-state index in [-0.39, 0.29) is 24.3 Å². The first-order chi connectivity index (χ1) is 10.4. The molecule has 0 radical (unpaired) electrons. The van der Waals surface area contributed by atoms with Crippen molar-refractivity contribution in [1.82, 2.24) is 5.32 Å². The van der Waals surface area contributed by atoms with Crippen LogP contribution < -0.4 is 10.1 Å². The lowest BCUT2D eigenvalue weighted by atomic mass is 9.93. The molecule has 1 fully saturated rings. The van der Waals surface area contributed by atoms with Crippen LogP contribution in [0.3, 0.4) is 0 Å². The minimum atomic E-state index is -2.94. The molecule has 6 nitrogen and oxygen atoms in total. The Hall–Kier alpha value is -2.22. The molecule has 1 heterocycles. The number of hydrogen-bond acceptors (Lipinski definition) is 4. The fourth-order valence-corrected chi connectivity index (χ4v) is 2.28. The van der Waals surface area contributed by atoms with Crippen molar-refractivity contribution in [3.63, 3.8) is 0 Å². The van der Waals surface area contributed by atoms with Gasteiger partial charge in [-0.05, 0) is 30.7 Å². The third-order valence-corrected chi connectivity index (χ3v) is 3.31. The lowest BCUT2D eigenvalue weighted by Gasteiger charge is -2.27. The van der Waals surface area contributed by atoms with E-state index in [1.54, 1.807) is 0 Å². The van der Waals surface area contributed by atoms with Gasteiger partial charge in [-0.15, -0.1) is 0 Å². The molecule has 1 amide bonds. The number of aliphatic carboxylic acids is 1. The first-order valence-corrected chi connectivity index (χ1v) is 6.57. The topological polar surface area (TPSA) is 84.9 Å². The third-order valence-electron chi connectivity index (χ3n) is 3.31. The van der Waals surface area contributed by atoms with Gasteiger partial charge in [0, 0.05) is 12.2 Å². The molecule has 2 rings (SSSR count). The number of amides is 1. The second-order valence-corrected chi connectivity index (χ2v) is 5.01. The Kier molecular flexibility index (Phi) is 4.92. The average molecular weight is 315 g/mol. The second-order valence-electron chi connectivity index (χ2n) is 5.01.